The second kappa shape index (κ2) is 7.59. The Kier molecular flexibility index (Phi) is 4.83. The zero-order valence-electron chi connectivity index (χ0n) is 15.3. The normalized spacial score (nSPS) is 17.2. The first kappa shape index (κ1) is 17.8. The van der Waals surface area contributed by atoms with Gasteiger partial charge in [0, 0.05) is 11.1 Å². The van der Waals surface area contributed by atoms with E-state index in [-0.39, 0.29) is 24.8 Å². The number of carbonyl (C=O) groups is 2. The average molecular weight is 374 g/mol. The Morgan fingerprint density at radius 1 is 1.14 bits per heavy atom. The van der Waals surface area contributed by atoms with E-state index in [2.05, 4.69) is 17.3 Å². The summed E-state index contributed by atoms with van der Waals surface area (Å²) in [7, 11) is 0. The first-order chi connectivity index (χ1) is 13.7. The highest BCUT2D eigenvalue weighted by Crippen LogP contribution is 2.26. The van der Waals surface area contributed by atoms with E-state index >= 15 is 0 Å². The topological polar surface area (TPSA) is 67.9 Å². The average Bonchev–Trinajstić information content (AvgIpc) is 3.19. The van der Waals surface area contributed by atoms with Crippen molar-refractivity contribution < 1.29 is 19.2 Å². The smallest absolute Gasteiger partial charge is 0.356 e. The first-order valence-electron chi connectivity index (χ1n) is 9.00. The molecule has 140 valence electrons. The number of rotatable bonds is 4. The van der Waals surface area contributed by atoms with Gasteiger partial charge in [0.15, 0.2) is 0 Å². The van der Waals surface area contributed by atoms with Crippen LogP contribution in [0.2, 0.25) is 0 Å². The predicted octanol–water partition coefficient (Wildman–Crippen LogP) is 2.40. The van der Waals surface area contributed by atoms with E-state index in [1.165, 1.54) is 0 Å². The molecule has 2 aliphatic heterocycles. The van der Waals surface area contributed by atoms with Crippen LogP contribution in [-0.4, -0.2) is 31.1 Å². The molecule has 6 nitrogen and oxygen atoms in total. The van der Waals surface area contributed by atoms with E-state index in [0.717, 1.165) is 5.56 Å². The lowest BCUT2D eigenvalue weighted by molar-refractivity contribution is -0.140. The Labute approximate surface area is 162 Å². The number of amides is 1. The maximum Gasteiger partial charge on any atom is 0.356 e. The minimum absolute atomic E-state index is 0.168. The monoisotopic (exact) mass is 374 g/mol. The fourth-order valence-corrected chi connectivity index (χ4v) is 3.15. The van der Waals surface area contributed by atoms with Crippen LogP contribution in [0.3, 0.4) is 0 Å². The first-order valence-corrected chi connectivity index (χ1v) is 9.00. The Bertz CT molecular complexity index is 1030. The zero-order chi connectivity index (χ0) is 19.5. The molecular weight excluding hydrogens is 356 g/mol. The summed E-state index contributed by atoms with van der Waals surface area (Å²) in [5, 5.41) is 0. The molecule has 0 fully saturated rings. The highest BCUT2D eigenvalue weighted by molar-refractivity contribution is 6.09. The van der Waals surface area contributed by atoms with Crippen LogP contribution in [0.1, 0.15) is 28.4 Å². The number of ether oxygens (including phenoxy) is 1. The van der Waals surface area contributed by atoms with Gasteiger partial charge in [-0.05, 0) is 37.3 Å². The van der Waals surface area contributed by atoms with Crippen molar-refractivity contribution in [2.24, 2.45) is 0 Å². The van der Waals surface area contributed by atoms with E-state index in [0.29, 0.717) is 16.8 Å². The van der Waals surface area contributed by atoms with Gasteiger partial charge in [0.1, 0.15) is 11.8 Å². The van der Waals surface area contributed by atoms with Crippen molar-refractivity contribution in [3.05, 3.63) is 77.0 Å². The second-order valence-corrected chi connectivity index (χ2v) is 6.29. The number of anilines is 1. The summed E-state index contributed by atoms with van der Waals surface area (Å²) in [5.74, 6) is 5.58. The van der Waals surface area contributed by atoms with Crippen LogP contribution < -0.4 is 10.4 Å². The van der Waals surface area contributed by atoms with Crippen LogP contribution in [0.5, 0.6) is 0 Å². The van der Waals surface area contributed by atoms with Crippen LogP contribution in [0.25, 0.3) is 0 Å². The fourth-order valence-electron chi connectivity index (χ4n) is 3.15. The van der Waals surface area contributed by atoms with E-state index in [9.17, 15) is 9.59 Å². The highest BCUT2D eigenvalue weighted by atomic mass is 16.7. The Hall–Kier alpha value is -3.56. The Morgan fingerprint density at radius 3 is 2.68 bits per heavy atom. The number of para-hydroxylation sites is 1. The minimum atomic E-state index is -0.504. The molecule has 0 saturated carbocycles. The van der Waals surface area contributed by atoms with E-state index < -0.39 is 12.1 Å². The van der Waals surface area contributed by atoms with Gasteiger partial charge in [0.2, 0.25) is 0 Å². The standard InChI is InChI=1S/C22H18N2O4/c1-2-27-22(26)19-13-17(28-23-19)14-24-20-10-6-4-8-16(20)12-11-15-7-3-5-9-18(15)21(24)25/h3-10,13,17,23H,2,14H2,1H3. The Balaban J connectivity index is 1.70. The molecule has 1 N–H and O–H groups in total. The molecule has 2 aliphatic rings. The number of benzene rings is 2. The van der Waals surface area contributed by atoms with Gasteiger partial charge in [-0.3, -0.25) is 15.1 Å². The predicted molar refractivity (Wildman–Crippen MR) is 103 cm³/mol. The summed E-state index contributed by atoms with van der Waals surface area (Å²) in [6.07, 6.45) is 1.13. The van der Waals surface area contributed by atoms with E-state index in [1.807, 2.05) is 42.5 Å². The fraction of sp³-hybridized carbons (Fsp3) is 0.182. The van der Waals surface area contributed by atoms with Crippen molar-refractivity contribution >= 4 is 17.6 Å². The van der Waals surface area contributed by atoms with Crippen molar-refractivity contribution in [2.75, 3.05) is 18.1 Å². The van der Waals surface area contributed by atoms with Gasteiger partial charge in [-0.15, -0.1) is 0 Å². The number of nitrogens with one attached hydrogen (secondary N) is 1. The Morgan fingerprint density at radius 2 is 1.86 bits per heavy atom. The lowest BCUT2D eigenvalue weighted by Crippen LogP contribution is -2.39. The third kappa shape index (κ3) is 3.36. The molecule has 0 aromatic heterocycles. The number of esters is 1. The summed E-state index contributed by atoms with van der Waals surface area (Å²) in [6.45, 7) is 2.23. The summed E-state index contributed by atoms with van der Waals surface area (Å²) < 4.78 is 4.98. The summed E-state index contributed by atoms with van der Waals surface area (Å²) in [4.78, 5) is 32.3. The van der Waals surface area contributed by atoms with Gasteiger partial charge in [0.25, 0.3) is 5.91 Å². The lowest BCUT2D eigenvalue weighted by Gasteiger charge is -2.27. The molecule has 0 saturated heterocycles. The maximum atomic E-state index is 13.3. The molecule has 6 heteroatoms. The number of carbonyl (C=O) groups excluding carboxylic acids is 2. The SMILES string of the molecule is CCOC(=O)C1=CC(CN2C(=O)c3ccccc3C#Cc3ccccc32)ON1. The molecule has 4 rings (SSSR count). The van der Waals surface area contributed by atoms with Crippen LogP contribution in [0.4, 0.5) is 5.69 Å². The van der Waals surface area contributed by atoms with Crippen LogP contribution in [0, 0.1) is 11.8 Å². The zero-order valence-corrected chi connectivity index (χ0v) is 15.3. The van der Waals surface area contributed by atoms with Gasteiger partial charge in [-0.1, -0.05) is 36.1 Å². The third-order valence-corrected chi connectivity index (χ3v) is 4.46. The molecule has 0 aliphatic carbocycles. The second-order valence-electron chi connectivity index (χ2n) is 6.29. The van der Waals surface area contributed by atoms with E-state index in [4.69, 9.17) is 9.57 Å². The largest absolute Gasteiger partial charge is 0.461 e. The van der Waals surface area contributed by atoms with Crippen molar-refractivity contribution in [3.8, 4) is 11.8 Å². The molecule has 28 heavy (non-hydrogen) atoms. The number of hydroxylamine groups is 1. The molecule has 2 aromatic carbocycles. The minimum Gasteiger partial charge on any atom is -0.461 e. The van der Waals surface area contributed by atoms with Crippen LogP contribution in [0.15, 0.2) is 60.3 Å². The molecule has 0 bridgehead atoms. The summed E-state index contributed by atoms with van der Waals surface area (Å²) in [6, 6.07) is 14.8. The van der Waals surface area contributed by atoms with Crippen molar-refractivity contribution in [2.45, 2.75) is 13.0 Å². The molecule has 1 unspecified atom stereocenters. The number of nitrogens with zero attached hydrogens (tertiary/aromatic N) is 1. The summed E-state index contributed by atoms with van der Waals surface area (Å²) >= 11 is 0. The maximum absolute atomic E-state index is 13.3. The van der Waals surface area contributed by atoms with Crippen LogP contribution >= 0.6 is 0 Å². The number of hydrogen-bond acceptors (Lipinski definition) is 5. The molecule has 0 spiro atoms. The van der Waals surface area contributed by atoms with Crippen molar-refractivity contribution in [1.29, 1.82) is 0 Å². The van der Waals surface area contributed by atoms with Crippen molar-refractivity contribution in [1.82, 2.24) is 5.48 Å². The van der Waals surface area contributed by atoms with Crippen molar-refractivity contribution in [3.63, 3.8) is 0 Å². The van der Waals surface area contributed by atoms with Gasteiger partial charge in [-0.2, -0.15) is 0 Å². The van der Waals surface area contributed by atoms with Gasteiger partial charge in [-0.25, -0.2) is 4.79 Å². The quantitative estimate of drug-likeness (QED) is 0.658. The van der Waals surface area contributed by atoms with Gasteiger partial charge in [0.05, 0.1) is 24.4 Å². The van der Waals surface area contributed by atoms with Crippen LogP contribution in [-0.2, 0) is 14.4 Å². The highest BCUT2D eigenvalue weighted by Gasteiger charge is 2.29. The number of hydrogen-bond donors (Lipinski definition) is 1. The van der Waals surface area contributed by atoms with Gasteiger partial charge >= 0.3 is 5.97 Å². The molecule has 2 aromatic rings. The molecule has 2 heterocycles. The van der Waals surface area contributed by atoms with Gasteiger partial charge < -0.3 is 9.64 Å². The third-order valence-electron chi connectivity index (χ3n) is 4.46. The summed E-state index contributed by atoms with van der Waals surface area (Å²) in [5.41, 5.74) is 5.50. The molecule has 1 atom stereocenters. The molecule has 1 amide bonds. The molecular formula is C22H18N2O4. The number of fused-ring (bicyclic) bond motifs is 2. The molecule has 0 radical (unpaired) electrons. The lowest BCUT2D eigenvalue weighted by atomic mass is 10.0. The van der Waals surface area contributed by atoms with E-state index in [1.54, 1.807) is 24.0 Å².